The Morgan fingerprint density at radius 2 is 1.94 bits per heavy atom. The summed E-state index contributed by atoms with van der Waals surface area (Å²) in [7, 11) is 0. The highest BCUT2D eigenvalue weighted by molar-refractivity contribution is 6.01. The maximum Gasteiger partial charge on any atom is 0.349 e. The number of fused-ring (bicyclic) bond motifs is 5. The highest BCUT2D eigenvalue weighted by Crippen LogP contribution is 2.69. The molecule has 0 amide bonds. The minimum atomic E-state index is -1.59. The lowest BCUT2D eigenvalue weighted by molar-refractivity contribution is -0.207. The Morgan fingerprint density at radius 1 is 1.21 bits per heavy atom. The largest absolute Gasteiger partial charge is 0.478 e. The predicted octanol–water partition coefficient (Wildman–Crippen LogP) is 5.44. The summed E-state index contributed by atoms with van der Waals surface area (Å²) in [6, 6.07) is 0. The first kappa shape index (κ1) is 24.2. The number of allylic oxidation sites excluding steroid dienone is 4. The number of carboxylic acids is 1. The highest BCUT2D eigenvalue weighted by Gasteiger charge is 2.72. The number of hydrogen-bond acceptors (Lipinski definition) is 4. The normalized spacial score (nSPS) is 43.8. The molecule has 0 radical (unpaired) electrons. The Labute approximate surface area is 195 Å². The lowest BCUT2D eigenvalue weighted by Crippen LogP contribution is -2.61. The van der Waals surface area contributed by atoms with Gasteiger partial charge < -0.3 is 9.84 Å². The molecule has 5 nitrogen and oxygen atoms in total. The van der Waals surface area contributed by atoms with Crippen LogP contribution in [-0.4, -0.2) is 34.6 Å². The fourth-order valence-electron chi connectivity index (χ4n) is 7.99. The Kier molecular flexibility index (Phi) is 6.11. The fourth-order valence-corrected chi connectivity index (χ4v) is 7.99. The van der Waals surface area contributed by atoms with E-state index in [4.69, 9.17) is 4.74 Å². The molecule has 3 saturated carbocycles. The molecule has 0 saturated heterocycles. The number of ether oxygens (including phenoxy) is 1. The Balaban J connectivity index is 1.68. The summed E-state index contributed by atoms with van der Waals surface area (Å²) in [6.07, 6.45) is 8.63. The summed E-state index contributed by atoms with van der Waals surface area (Å²) in [4.78, 5) is 37.5. The molecule has 0 aromatic heterocycles. The van der Waals surface area contributed by atoms with Crippen LogP contribution < -0.4 is 0 Å². The van der Waals surface area contributed by atoms with Crippen molar-refractivity contribution in [3.05, 3.63) is 23.8 Å². The summed E-state index contributed by atoms with van der Waals surface area (Å²) in [5.41, 5.74) is -2.32. The molecule has 3 fully saturated rings. The molecule has 4 aliphatic carbocycles. The van der Waals surface area contributed by atoms with Crippen LogP contribution >= 0.6 is 0 Å². The lowest BCUT2D eigenvalue weighted by atomic mass is 9.47. The molecule has 0 unspecified atom stereocenters. The standard InChI is InChI=1S/C27H37FO5/c1-5-6-7-8-23(30)33-27(24(31)32)16(2)13-20-18-15-22(28)21-14-17(29)9-11-25(21,3)19(18)10-12-26(20,27)4/h9,11,14,16,18-20,22H,5-8,10,12-13,15H2,1-4H3,(H,31,32)/t16-,18+,19-,20-,22-,25+,26-,27-/m0/s1. The third-order valence-corrected chi connectivity index (χ3v) is 9.65. The summed E-state index contributed by atoms with van der Waals surface area (Å²) >= 11 is 0. The van der Waals surface area contributed by atoms with Crippen LogP contribution in [0.1, 0.15) is 79.1 Å². The van der Waals surface area contributed by atoms with Gasteiger partial charge in [0.05, 0.1) is 0 Å². The van der Waals surface area contributed by atoms with Crippen molar-refractivity contribution in [3.8, 4) is 0 Å². The third-order valence-electron chi connectivity index (χ3n) is 9.65. The van der Waals surface area contributed by atoms with Crippen LogP contribution in [0.2, 0.25) is 0 Å². The first-order valence-corrected chi connectivity index (χ1v) is 12.6. The summed E-state index contributed by atoms with van der Waals surface area (Å²) in [6.45, 7) is 7.89. The van der Waals surface area contributed by atoms with Crippen molar-refractivity contribution >= 4 is 17.7 Å². The predicted molar refractivity (Wildman–Crippen MR) is 122 cm³/mol. The van der Waals surface area contributed by atoms with Crippen LogP contribution in [0, 0.1) is 34.5 Å². The monoisotopic (exact) mass is 460 g/mol. The minimum Gasteiger partial charge on any atom is -0.478 e. The van der Waals surface area contributed by atoms with Gasteiger partial charge in [0.15, 0.2) is 5.78 Å². The van der Waals surface area contributed by atoms with Gasteiger partial charge >= 0.3 is 11.9 Å². The molecule has 1 N–H and O–H groups in total. The molecule has 6 heteroatoms. The van der Waals surface area contributed by atoms with Gasteiger partial charge in [0.1, 0.15) is 6.17 Å². The van der Waals surface area contributed by atoms with Gasteiger partial charge in [-0.15, -0.1) is 0 Å². The van der Waals surface area contributed by atoms with Crippen molar-refractivity contribution in [3.63, 3.8) is 0 Å². The Hall–Kier alpha value is -1.98. The van der Waals surface area contributed by atoms with E-state index in [1.807, 2.05) is 33.8 Å². The van der Waals surface area contributed by atoms with E-state index in [2.05, 4.69) is 0 Å². The number of alkyl halides is 1. The molecule has 0 bridgehead atoms. The van der Waals surface area contributed by atoms with Crippen LogP contribution in [0.25, 0.3) is 0 Å². The number of ketones is 1. The summed E-state index contributed by atoms with van der Waals surface area (Å²) < 4.78 is 21.4. The fraction of sp³-hybridized carbons (Fsp3) is 0.741. The number of carbonyl (C=O) groups excluding carboxylic acids is 2. The smallest absolute Gasteiger partial charge is 0.349 e. The van der Waals surface area contributed by atoms with Crippen molar-refractivity contribution in [1.29, 1.82) is 0 Å². The average Bonchev–Trinajstić information content (AvgIpc) is 2.98. The lowest BCUT2D eigenvalue weighted by Gasteiger charge is -2.58. The van der Waals surface area contributed by atoms with E-state index in [1.54, 1.807) is 6.08 Å². The molecule has 4 aliphatic rings. The average molecular weight is 461 g/mol. The van der Waals surface area contributed by atoms with E-state index in [1.165, 1.54) is 6.08 Å². The topological polar surface area (TPSA) is 80.7 Å². The van der Waals surface area contributed by atoms with Gasteiger partial charge in [-0.2, -0.15) is 0 Å². The second-order valence-corrected chi connectivity index (χ2v) is 11.3. The molecular formula is C27H37FO5. The van der Waals surface area contributed by atoms with E-state index in [0.29, 0.717) is 37.7 Å². The quantitative estimate of drug-likeness (QED) is 0.422. The van der Waals surface area contributed by atoms with Crippen molar-refractivity contribution in [2.24, 2.45) is 34.5 Å². The van der Waals surface area contributed by atoms with Gasteiger partial charge in [-0.3, -0.25) is 9.59 Å². The van der Waals surface area contributed by atoms with Crippen molar-refractivity contribution < 1.29 is 28.6 Å². The van der Waals surface area contributed by atoms with Crippen molar-refractivity contribution in [2.45, 2.75) is 90.8 Å². The van der Waals surface area contributed by atoms with E-state index in [-0.39, 0.29) is 35.9 Å². The van der Waals surface area contributed by atoms with Crippen molar-refractivity contribution in [2.75, 3.05) is 0 Å². The molecular weight excluding hydrogens is 423 g/mol. The van der Waals surface area contributed by atoms with Crippen LogP contribution in [0.3, 0.4) is 0 Å². The van der Waals surface area contributed by atoms with Gasteiger partial charge in [-0.05, 0) is 67.6 Å². The first-order valence-electron chi connectivity index (χ1n) is 12.6. The highest BCUT2D eigenvalue weighted by atomic mass is 19.1. The van der Waals surface area contributed by atoms with Crippen molar-refractivity contribution in [1.82, 2.24) is 0 Å². The summed E-state index contributed by atoms with van der Waals surface area (Å²) in [5, 5.41) is 10.5. The van der Waals surface area contributed by atoms with E-state index >= 15 is 4.39 Å². The van der Waals surface area contributed by atoms with Crippen LogP contribution in [-0.2, 0) is 19.1 Å². The zero-order valence-electron chi connectivity index (χ0n) is 20.2. The number of hydrogen-bond donors (Lipinski definition) is 1. The first-order chi connectivity index (χ1) is 15.5. The number of carbonyl (C=O) groups is 3. The van der Waals surface area contributed by atoms with Gasteiger partial charge in [0.2, 0.25) is 5.60 Å². The van der Waals surface area contributed by atoms with Gasteiger partial charge in [-0.25, -0.2) is 9.18 Å². The SMILES string of the molecule is CCCCCC(=O)O[C@]1(C(=O)O)[C@@H](C)C[C@H]2[C@@H]3C[C@H](F)C4=CC(=O)C=C[C@]4(C)[C@H]3CC[C@@]21C. The number of esters is 1. The molecule has 0 spiro atoms. The van der Waals surface area contributed by atoms with Crippen LogP contribution in [0.5, 0.6) is 0 Å². The molecule has 0 aromatic rings. The number of halogens is 1. The second-order valence-electron chi connectivity index (χ2n) is 11.3. The third kappa shape index (κ3) is 3.42. The van der Waals surface area contributed by atoms with Crippen LogP contribution in [0.4, 0.5) is 4.39 Å². The Bertz CT molecular complexity index is 908. The van der Waals surface area contributed by atoms with Crippen LogP contribution in [0.15, 0.2) is 23.8 Å². The molecule has 0 heterocycles. The zero-order valence-corrected chi connectivity index (χ0v) is 20.2. The molecule has 0 aromatic carbocycles. The molecule has 8 atom stereocenters. The second kappa shape index (κ2) is 8.35. The van der Waals surface area contributed by atoms with E-state index in [9.17, 15) is 19.5 Å². The number of rotatable bonds is 6. The number of unbranched alkanes of at least 4 members (excludes halogenated alkanes) is 2. The Morgan fingerprint density at radius 3 is 2.61 bits per heavy atom. The zero-order chi connectivity index (χ0) is 24.2. The number of carboxylic acid groups (broad SMARTS) is 1. The number of aliphatic carboxylic acids is 1. The summed E-state index contributed by atoms with van der Waals surface area (Å²) in [5.74, 6) is -2.00. The van der Waals surface area contributed by atoms with Gasteiger partial charge in [0, 0.05) is 23.2 Å². The maximum atomic E-state index is 15.5. The minimum absolute atomic E-state index is 0.0266. The molecule has 4 rings (SSSR count). The maximum absolute atomic E-state index is 15.5. The molecule has 0 aliphatic heterocycles. The molecule has 182 valence electrons. The van der Waals surface area contributed by atoms with Gasteiger partial charge in [-0.1, -0.05) is 46.6 Å². The van der Waals surface area contributed by atoms with E-state index < -0.39 is 34.5 Å². The van der Waals surface area contributed by atoms with Gasteiger partial charge in [0.25, 0.3) is 0 Å². The molecule has 33 heavy (non-hydrogen) atoms. The van der Waals surface area contributed by atoms with E-state index in [0.717, 1.165) is 12.8 Å².